The second-order valence-corrected chi connectivity index (χ2v) is 21.6. The molecule has 2 N–H and O–H groups in total. The first-order chi connectivity index (χ1) is 34.2. The van der Waals surface area contributed by atoms with Gasteiger partial charge in [0, 0.05) is 19.3 Å². The molecule has 70 heavy (non-hydrogen) atoms. The van der Waals surface area contributed by atoms with E-state index in [0.29, 0.717) is 19.3 Å². The Morgan fingerprint density at radius 3 is 1.03 bits per heavy atom. The molecule has 0 aromatic rings. The maximum Gasteiger partial charge on any atom is 0.472 e. The maximum absolute atomic E-state index is 12.9. The summed E-state index contributed by atoms with van der Waals surface area (Å²) in [5, 5.41) is 9.80. The van der Waals surface area contributed by atoms with Crippen molar-refractivity contribution in [2.75, 3.05) is 26.4 Å². The monoisotopic (exact) mass is 1010 g/mol. The molecule has 0 saturated carbocycles. The van der Waals surface area contributed by atoms with E-state index < -0.39 is 57.8 Å². The van der Waals surface area contributed by atoms with Gasteiger partial charge in [-0.05, 0) is 38.5 Å². The molecule has 11 nitrogen and oxygen atoms in total. The molecule has 12 heteroatoms. The molecule has 3 unspecified atom stereocenters. The van der Waals surface area contributed by atoms with Crippen LogP contribution in [0.3, 0.4) is 0 Å². The van der Waals surface area contributed by atoms with Gasteiger partial charge in [0.25, 0.3) is 0 Å². The molecule has 0 saturated heterocycles. The predicted octanol–water partition coefficient (Wildman–Crippen LogP) is 17.3. The van der Waals surface area contributed by atoms with Crippen molar-refractivity contribution in [3.8, 4) is 0 Å². The lowest BCUT2D eigenvalue weighted by atomic mass is 10.0. The Bertz CT molecular complexity index is 1230. The number of hydrogen-bond donors (Lipinski definition) is 2. The molecule has 0 rings (SSSR count). The highest BCUT2D eigenvalue weighted by Gasteiger charge is 2.28. The molecule has 0 radical (unpaired) electrons. The number of allylic oxidation sites excluding steroid dienone is 2. The van der Waals surface area contributed by atoms with E-state index in [1.807, 2.05) is 0 Å². The molecule has 0 bridgehead atoms. The van der Waals surface area contributed by atoms with E-state index in [2.05, 4.69) is 32.9 Å². The van der Waals surface area contributed by atoms with Crippen LogP contribution >= 0.6 is 7.82 Å². The van der Waals surface area contributed by atoms with Crippen LogP contribution in [0.4, 0.5) is 0 Å². The molecule has 0 aromatic carbocycles. The van der Waals surface area contributed by atoms with Gasteiger partial charge < -0.3 is 24.2 Å². The van der Waals surface area contributed by atoms with Crippen molar-refractivity contribution < 1.29 is 52.2 Å². The maximum atomic E-state index is 12.9. The van der Waals surface area contributed by atoms with E-state index in [1.165, 1.54) is 167 Å². The fourth-order valence-electron chi connectivity index (χ4n) is 8.63. The van der Waals surface area contributed by atoms with Gasteiger partial charge >= 0.3 is 25.7 Å². The van der Waals surface area contributed by atoms with Gasteiger partial charge in [-0.15, -0.1) is 0 Å². The molecule has 0 aliphatic carbocycles. The number of unbranched alkanes of at least 4 members (excludes halogenated alkanes) is 37. The largest absolute Gasteiger partial charge is 0.472 e. The molecule has 0 spiro atoms. The van der Waals surface area contributed by atoms with Crippen molar-refractivity contribution in [3.05, 3.63) is 12.2 Å². The highest BCUT2D eigenvalue weighted by molar-refractivity contribution is 7.47. The zero-order valence-electron chi connectivity index (χ0n) is 45.8. The van der Waals surface area contributed by atoms with Crippen LogP contribution in [0, 0.1) is 0 Å². The summed E-state index contributed by atoms with van der Waals surface area (Å²) in [5.74, 6) is -1.45. The average molecular weight is 1020 g/mol. The number of phosphoric acid groups is 1. The lowest BCUT2D eigenvalue weighted by Gasteiger charge is -2.21. The highest BCUT2D eigenvalue weighted by Crippen LogP contribution is 2.43. The number of carbonyl (C=O) groups excluding carboxylic acids is 3. The summed E-state index contributed by atoms with van der Waals surface area (Å²) in [6.07, 6.45) is 51.7. The molecule has 0 fully saturated rings. The molecule has 0 aromatic heterocycles. The van der Waals surface area contributed by atoms with Crippen LogP contribution < -0.4 is 0 Å². The van der Waals surface area contributed by atoms with Crippen molar-refractivity contribution in [1.29, 1.82) is 0 Å². The minimum atomic E-state index is -4.74. The van der Waals surface area contributed by atoms with E-state index in [4.69, 9.17) is 23.3 Å². The van der Waals surface area contributed by atoms with Gasteiger partial charge in [-0.2, -0.15) is 0 Å². The molecular formula is C58H111O11P. The van der Waals surface area contributed by atoms with Crippen LogP contribution in [0.25, 0.3) is 0 Å². The summed E-state index contributed by atoms with van der Waals surface area (Å²) in [4.78, 5) is 48.5. The smallest absolute Gasteiger partial charge is 0.462 e. The molecule has 414 valence electrons. The third-order valence-electron chi connectivity index (χ3n) is 13.2. The van der Waals surface area contributed by atoms with Gasteiger partial charge in [-0.1, -0.05) is 258 Å². The lowest BCUT2D eigenvalue weighted by Crippen LogP contribution is -2.30. The number of carbonyl (C=O) groups is 3. The van der Waals surface area contributed by atoms with Gasteiger partial charge in [0.2, 0.25) is 0 Å². The standard InChI is InChI=1S/C58H111O11P/c1-4-7-10-13-16-19-22-24-25-26-27-28-29-31-34-37-40-43-46-49-58(62)69-55(51-65-56(60)47-44-41-38-35-32-21-18-15-12-9-6-3)53-67-70(63,64)66-52-54(50-59)68-57(61)48-45-42-39-36-33-30-23-20-17-14-11-8-5-2/h15,18,54-55,59H,4-14,16-17,19-53H2,1-3H3,(H,63,64)/b18-15-. The third-order valence-corrected chi connectivity index (χ3v) is 14.1. The Labute approximate surface area is 430 Å². The van der Waals surface area contributed by atoms with Crippen LogP contribution in [0.2, 0.25) is 0 Å². The Balaban J connectivity index is 4.62. The van der Waals surface area contributed by atoms with Gasteiger partial charge in [-0.3, -0.25) is 23.4 Å². The summed E-state index contributed by atoms with van der Waals surface area (Å²) in [5.41, 5.74) is 0. The Morgan fingerprint density at radius 2 is 0.671 bits per heavy atom. The van der Waals surface area contributed by atoms with E-state index in [1.54, 1.807) is 0 Å². The van der Waals surface area contributed by atoms with Crippen molar-refractivity contribution in [2.45, 2.75) is 315 Å². The van der Waals surface area contributed by atoms with Gasteiger partial charge in [-0.25, -0.2) is 4.57 Å². The van der Waals surface area contributed by atoms with Crippen LogP contribution in [0.15, 0.2) is 12.2 Å². The second-order valence-electron chi connectivity index (χ2n) is 20.2. The van der Waals surface area contributed by atoms with Crippen LogP contribution in [0.1, 0.15) is 303 Å². The summed E-state index contributed by atoms with van der Waals surface area (Å²) < 4.78 is 39.5. The molecule has 0 amide bonds. The number of rotatable bonds is 56. The second kappa shape index (κ2) is 53.5. The summed E-state index contributed by atoms with van der Waals surface area (Å²) >= 11 is 0. The van der Waals surface area contributed by atoms with Crippen LogP contribution in [-0.4, -0.2) is 66.5 Å². The number of ether oxygens (including phenoxy) is 3. The molecular weight excluding hydrogens is 904 g/mol. The van der Waals surface area contributed by atoms with E-state index >= 15 is 0 Å². The summed E-state index contributed by atoms with van der Waals surface area (Å²) in [6.45, 7) is 4.66. The third kappa shape index (κ3) is 51.1. The minimum absolute atomic E-state index is 0.175. The zero-order chi connectivity index (χ0) is 51.3. The fourth-order valence-corrected chi connectivity index (χ4v) is 9.42. The minimum Gasteiger partial charge on any atom is -0.462 e. The first-order valence-electron chi connectivity index (χ1n) is 29.6. The summed E-state index contributed by atoms with van der Waals surface area (Å²) in [7, 11) is -4.74. The molecule has 0 aliphatic heterocycles. The summed E-state index contributed by atoms with van der Waals surface area (Å²) in [6, 6.07) is 0. The predicted molar refractivity (Wildman–Crippen MR) is 289 cm³/mol. The van der Waals surface area contributed by atoms with Crippen molar-refractivity contribution in [2.24, 2.45) is 0 Å². The van der Waals surface area contributed by atoms with Gasteiger partial charge in [0.1, 0.15) is 12.7 Å². The van der Waals surface area contributed by atoms with E-state index in [-0.39, 0.29) is 25.9 Å². The van der Waals surface area contributed by atoms with E-state index in [0.717, 1.165) is 77.0 Å². The number of esters is 3. The SMILES string of the molecule is CCCC/C=C\CCCCCCCC(=O)OCC(COP(=O)(O)OCC(CO)OC(=O)CCCCCCCCCCCCCCC)OC(=O)CCCCCCCCCCCCCCCCCCCCC. The molecule has 3 atom stereocenters. The normalized spacial score (nSPS) is 13.4. The number of aliphatic hydroxyl groups excluding tert-OH is 1. The lowest BCUT2D eigenvalue weighted by molar-refractivity contribution is -0.161. The quantitative estimate of drug-likeness (QED) is 0.0197. The molecule has 0 aliphatic rings. The fraction of sp³-hybridized carbons (Fsp3) is 0.914. The number of aliphatic hydroxyl groups is 1. The van der Waals surface area contributed by atoms with Crippen LogP contribution in [-0.2, 0) is 42.2 Å². The molecule has 0 heterocycles. The van der Waals surface area contributed by atoms with Gasteiger partial charge in [0.05, 0.1) is 19.8 Å². The van der Waals surface area contributed by atoms with Crippen molar-refractivity contribution in [1.82, 2.24) is 0 Å². The first-order valence-corrected chi connectivity index (χ1v) is 31.1. The van der Waals surface area contributed by atoms with Gasteiger partial charge in [0.15, 0.2) is 6.10 Å². The Morgan fingerprint density at radius 1 is 0.386 bits per heavy atom. The van der Waals surface area contributed by atoms with Crippen molar-refractivity contribution in [3.63, 3.8) is 0 Å². The van der Waals surface area contributed by atoms with Crippen molar-refractivity contribution >= 4 is 25.7 Å². The van der Waals surface area contributed by atoms with E-state index in [9.17, 15) is 28.9 Å². The number of phosphoric ester groups is 1. The first kappa shape index (κ1) is 68.2. The topological polar surface area (TPSA) is 155 Å². The van der Waals surface area contributed by atoms with Crippen LogP contribution in [0.5, 0.6) is 0 Å². The average Bonchev–Trinajstić information content (AvgIpc) is 3.35. The number of hydrogen-bond acceptors (Lipinski definition) is 10. The highest BCUT2D eigenvalue weighted by atomic mass is 31.2. The zero-order valence-corrected chi connectivity index (χ0v) is 46.7. The Hall–Kier alpha value is -1.78. The Kier molecular flexibility index (Phi) is 52.1.